The number of rotatable bonds is 0. The topological polar surface area (TPSA) is 44.0 Å². The van der Waals surface area contributed by atoms with Gasteiger partial charge < -0.3 is 6.53 Å². The molecule has 0 aromatic heterocycles. The van der Waals surface area contributed by atoms with Gasteiger partial charge in [0.15, 0.2) is 0 Å². The number of nitrogens with zero attached hydrogens (tertiary/aromatic N) is 1. The molecule has 0 fully saturated rings. The van der Waals surface area contributed by atoms with Gasteiger partial charge in [-0.25, -0.2) is 0 Å². The number of hydrogen-bond acceptors (Lipinski definition) is 2. The van der Waals surface area contributed by atoms with Gasteiger partial charge in [-0.3, -0.25) is 0 Å². The van der Waals surface area contributed by atoms with Crippen molar-refractivity contribution in [2.24, 2.45) is 0 Å². The molecule has 0 aromatic carbocycles. The standard InChI is InChI=1S/CHNO.Na.Ni.H/c2-1-3;;;/h3H;;;/q;+1;;-1. The predicted octanol–water partition coefficient (Wildman–Crippen LogP) is -3.05. The van der Waals surface area contributed by atoms with Crippen LogP contribution in [0.3, 0.4) is 0 Å². The average molecular weight is 126 g/mol. The molecule has 0 radical (unpaired) electrons. The molecule has 0 heterocycles. The van der Waals surface area contributed by atoms with E-state index in [9.17, 15) is 0 Å². The van der Waals surface area contributed by atoms with Crippen LogP contribution in [-0.2, 0) is 16.5 Å². The zero-order valence-electron chi connectivity index (χ0n) is 3.71. The summed E-state index contributed by atoms with van der Waals surface area (Å²) >= 11 is 0. The van der Waals surface area contributed by atoms with Crippen molar-refractivity contribution < 1.29 is 52.6 Å². The van der Waals surface area contributed by atoms with Gasteiger partial charge in [-0.2, -0.15) is 5.26 Å². The van der Waals surface area contributed by atoms with Gasteiger partial charge in [0.1, 0.15) is 0 Å². The van der Waals surface area contributed by atoms with Crippen molar-refractivity contribution in [2.45, 2.75) is 0 Å². The van der Waals surface area contributed by atoms with E-state index in [2.05, 4.69) is 0 Å². The molecular formula is CH2NNaNiO. The molecule has 2 nitrogen and oxygen atoms in total. The molecule has 0 aromatic rings. The molecule has 0 aliphatic carbocycles. The number of aliphatic hydroxyl groups excluding tert-OH is 1. The first-order valence-corrected chi connectivity index (χ1v) is 0.447. The minimum absolute atomic E-state index is 0. The Kier molecular flexibility index (Phi) is 73.5. The Morgan fingerprint density at radius 3 is 1.80 bits per heavy atom. The summed E-state index contributed by atoms with van der Waals surface area (Å²) in [6, 6.07) is 0. The fraction of sp³-hybridized carbons (Fsp3) is 0. The van der Waals surface area contributed by atoms with E-state index < -0.39 is 0 Å². The maximum Gasteiger partial charge on any atom is 1.00 e. The van der Waals surface area contributed by atoms with E-state index in [0.717, 1.165) is 6.26 Å². The second kappa shape index (κ2) is 21.5. The van der Waals surface area contributed by atoms with E-state index in [1.807, 2.05) is 0 Å². The minimum atomic E-state index is 0. The van der Waals surface area contributed by atoms with Crippen LogP contribution in [0.4, 0.5) is 0 Å². The van der Waals surface area contributed by atoms with Crippen LogP contribution in [-0.4, -0.2) is 5.11 Å². The second-order valence-corrected chi connectivity index (χ2v) is 0.100. The summed E-state index contributed by atoms with van der Waals surface area (Å²) in [5.74, 6) is 0. The van der Waals surface area contributed by atoms with Crippen molar-refractivity contribution in [3.8, 4) is 6.26 Å². The molecule has 0 bridgehead atoms. The molecular weight excluding hydrogens is 124 g/mol. The van der Waals surface area contributed by atoms with Crippen molar-refractivity contribution in [2.75, 3.05) is 0 Å². The maximum absolute atomic E-state index is 6.88. The molecule has 1 N–H and O–H groups in total. The fourth-order valence-corrected chi connectivity index (χ4v) is 0. The van der Waals surface area contributed by atoms with Crippen LogP contribution in [0.1, 0.15) is 1.43 Å². The van der Waals surface area contributed by atoms with Crippen LogP contribution in [0.25, 0.3) is 0 Å². The fourth-order valence-electron chi connectivity index (χ4n) is 0. The van der Waals surface area contributed by atoms with Crippen LogP contribution in [0.5, 0.6) is 0 Å². The molecule has 0 spiro atoms. The van der Waals surface area contributed by atoms with Gasteiger partial charge in [0.2, 0.25) is 0 Å². The van der Waals surface area contributed by atoms with Crippen LogP contribution in [0, 0.1) is 11.5 Å². The van der Waals surface area contributed by atoms with E-state index in [-0.39, 0.29) is 47.5 Å². The van der Waals surface area contributed by atoms with Crippen molar-refractivity contribution in [3.63, 3.8) is 0 Å². The summed E-state index contributed by atoms with van der Waals surface area (Å²) in [6.07, 6.45) is 0.750. The van der Waals surface area contributed by atoms with Gasteiger partial charge in [0, 0.05) is 16.5 Å². The van der Waals surface area contributed by atoms with Gasteiger partial charge in [-0.1, -0.05) is 0 Å². The smallest absolute Gasteiger partial charge is 1.00 e. The predicted molar refractivity (Wildman–Crippen MR) is 8.66 cm³/mol. The Labute approximate surface area is 63.9 Å². The quantitative estimate of drug-likeness (QED) is 0.276. The van der Waals surface area contributed by atoms with Gasteiger partial charge in [-0.15, -0.1) is 0 Å². The molecule has 0 saturated heterocycles. The van der Waals surface area contributed by atoms with Crippen LogP contribution < -0.4 is 29.6 Å². The summed E-state index contributed by atoms with van der Waals surface area (Å²) < 4.78 is 0. The van der Waals surface area contributed by atoms with E-state index in [1.165, 1.54) is 0 Å². The monoisotopic (exact) mass is 125 g/mol. The third-order valence-electron chi connectivity index (χ3n) is 0. The Balaban J connectivity index is -0.00000000667. The second-order valence-electron chi connectivity index (χ2n) is 0.100. The Morgan fingerprint density at radius 1 is 1.80 bits per heavy atom. The molecule has 4 heteroatoms. The van der Waals surface area contributed by atoms with Gasteiger partial charge >= 0.3 is 29.6 Å². The summed E-state index contributed by atoms with van der Waals surface area (Å²) in [6.45, 7) is 0. The largest absolute Gasteiger partial charge is 1.00 e. The van der Waals surface area contributed by atoms with Crippen molar-refractivity contribution in [1.29, 1.82) is 5.26 Å². The first kappa shape index (κ1) is 17.1. The number of hydrogen-bond donors (Lipinski definition) is 1. The van der Waals surface area contributed by atoms with Crippen molar-refractivity contribution in [3.05, 3.63) is 0 Å². The Morgan fingerprint density at radius 2 is 1.80 bits per heavy atom. The summed E-state index contributed by atoms with van der Waals surface area (Å²) in [4.78, 5) is 0. The minimum Gasteiger partial charge on any atom is -1.00 e. The molecule has 0 aliphatic heterocycles. The van der Waals surface area contributed by atoms with E-state index in [1.54, 1.807) is 0 Å². The molecule has 28 valence electrons. The number of aliphatic hydroxyl groups is 1. The van der Waals surface area contributed by atoms with E-state index in [0.29, 0.717) is 0 Å². The molecule has 0 unspecified atom stereocenters. The van der Waals surface area contributed by atoms with Crippen LogP contribution in [0.15, 0.2) is 0 Å². The van der Waals surface area contributed by atoms with Crippen LogP contribution in [0.2, 0.25) is 0 Å². The van der Waals surface area contributed by atoms with Gasteiger partial charge in [0.25, 0.3) is 6.26 Å². The number of nitriles is 1. The zero-order chi connectivity index (χ0) is 2.71. The molecule has 0 rings (SSSR count). The van der Waals surface area contributed by atoms with E-state index >= 15 is 0 Å². The molecule has 0 amide bonds. The molecule has 0 aliphatic rings. The molecule has 0 atom stereocenters. The van der Waals surface area contributed by atoms with Crippen LogP contribution >= 0.6 is 0 Å². The first-order chi connectivity index (χ1) is 1.41. The normalized spacial score (nSPS) is 1.40. The third-order valence-corrected chi connectivity index (χ3v) is 0. The Hall–Kier alpha value is 0.784. The van der Waals surface area contributed by atoms with Gasteiger partial charge in [0.05, 0.1) is 0 Å². The Bertz CT molecular complexity index is 37.0. The SMILES string of the molecule is N#CO.[H-].[Na+].[Ni]. The van der Waals surface area contributed by atoms with Crippen molar-refractivity contribution >= 4 is 0 Å². The summed E-state index contributed by atoms with van der Waals surface area (Å²) in [5, 5.41) is 13.8. The molecule has 5 heavy (non-hydrogen) atoms. The van der Waals surface area contributed by atoms with Gasteiger partial charge in [-0.05, 0) is 0 Å². The third kappa shape index (κ3) is 60.4. The summed E-state index contributed by atoms with van der Waals surface area (Å²) in [5.41, 5.74) is 0. The van der Waals surface area contributed by atoms with Crippen molar-refractivity contribution in [1.82, 2.24) is 0 Å². The first-order valence-electron chi connectivity index (χ1n) is 0.447. The van der Waals surface area contributed by atoms with E-state index in [4.69, 9.17) is 10.4 Å². The summed E-state index contributed by atoms with van der Waals surface area (Å²) in [7, 11) is 0. The molecule has 0 saturated carbocycles. The average Bonchev–Trinajstić information content (AvgIpc) is 0.918. The zero-order valence-corrected chi connectivity index (χ0v) is 5.70. The maximum atomic E-state index is 6.88.